The van der Waals surface area contributed by atoms with Crippen molar-refractivity contribution in [2.45, 2.75) is 34.1 Å². The lowest BCUT2D eigenvalue weighted by molar-refractivity contribution is -0.122. The second kappa shape index (κ2) is 3.52. The van der Waals surface area contributed by atoms with Gasteiger partial charge in [-0.05, 0) is 12.3 Å². The van der Waals surface area contributed by atoms with E-state index in [-0.39, 0.29) is 11.2 Å². The Morgan fingerprint density at radius 1 is 1.55 bits per heavy atom. The number of carbonyl (C=O) groups excluding carboxylic acids is 1. The minimum absolute atomic E-state index is 0.00218. The Kier molecular flexibility index (Phi) is 3.25. The summed E-state index contributed by atoms with van der Waals surface area (Å²) in [5, 5.41) is 8.43. The molecule has 0 spiro atoms. The Morgan fingerprint density at radius 2 is 2.00 bits per heavy atom. The fourth-order valence-electron chi connectivity index (χ4n) is 0.748. The number of Topliss-reactive ketones (excluding diaryl/α,β-unsaturated/α-hetero) is 1. The van der Waals surface area contributed by atoms with Crippen molar-refractivity contribution >= 4 is 5.78 Å². The van der Waals surface area contributed by atoms with E-state index >= 15 is 0 Å². The highest BCUT2D eigenvalue weighted by Crippen LogP contribution is 2.20. The third kappa shape index (κ3) is 4.55. The van der Waals surface area contributed by atoms with Crippen molar-refractivity contribution in [2.24, 2.45) is 11.3 Å². The zero-order valence-electron chi connectivity index (χ0n) is 7.64. The van der Waals surface area contributed by atoms with Crippen LogP contribution < -0.4 is 0 Å². The molecule has 0 aromatic carbocycles. The predicted octanol–water partition coefficient (Wildman–Crippen LogP) is 2.15. The predicted molar refractivity (Wildman–Crippen MR) is 43.9 cm³/mol. The van der Waals surface area contributed by atoms with Gasteiger partial charge in [0.25, 0.3) is 0 Å². The molecule has 1 unspecified atom stereocenters. The van der Waals surface area contributed by atoms with Crippen LogP contribution in [-0.4, -0.2) is 5.78 Å². The van der Waals surface area contributed by atoms with Crippen LogP contribution in [0.4, 0.5) is 0 Å². The van der Waals surface area contributed by atoms with Gasteiger partial charge in [-0.15, -0.1) is 0 Å². The Bertz CT molecular complexity index is 183. The highest BCUT2D eigenvalue weighted by Gasteiger charge is 2.19. The van der Waals surface area contributed by atoms with Gasteiger partial charge in [0.15, 0.2) is 0 Å². The smallest absolute Gasteiger partial charge is 0.150 e. The molecular formula is C9H15NO. The second-order valence-corrected chi connectivity index (χ2v) is 4.05. The molecule has 0 aliphatic heterocycles. The largest absolute Gasteiger partial charge is 0.298 e. The number of hydrogen-bond acceptors (Lipinski definition) is 2. The quantitative estimate of drug-likeness (QED) is 0.610. The van der Waals surface area contributed by atoms with Crippen LogP contribution in [0.15, 0.2) is 0 Å². The maximum atomic E-state index is 11.2. The first-order chi connectivity index (χ1) is 4.87. The molecular weight excluding hydrogens is 138 g/mol. The van der Waals surface area contributed by atoms with Gasteiger partial charge < -0.3 is 0 Å². The number of hydrogen-bond donors (Lipinski definition) is 0. The first-order valence-corrected chi connectivity index (χ1v) is 3.79. The topological polar surface area (TPSA) is 40.9 Å². The molecule has 0 aliphatic carbocycles. The van der Waals surface area contributed by atoms with Crippen molar-refractivity contribution in [1.82, 2.24) is 0 Å². The fraction of sp³-hybridized carbons (Fsp3) is 0.778. The summed E-state index contributed by atoms with van der Waals surface area (Å²) in [6, 6.07) is 1.94. The number of ketones is 1. The molecule has 0 amide bonds. The normalized spacial score (nSPS) is 13.7. The molecule has 0 radical (unpaired) electrons. The van der Waals surface area contributed by atoms with Crippen LogP contribution in [0.5, 0.6) is 0 Å². The molecule has 0 rings (SSSR count). The summed E-state index contributed by atoms with van der Waals surface area (Å²) in [5.41, 5.74) is 0.00218. The molecule has 2 nitrogen and oxygen atoms in total. The molecule has 0 saturated carbocycles. The first-order valence-electron chi connectivity index (χ1n) is 3.79. The zero-order valence-corrected chi connectivity index (χ0v) is 7.64. The van der Waals surface area contributed by atoms with E-state index in [1.807, 2.05) is 26.8 Å². The van der Waals surface area contributed by atoms with Gasteiger partial charge in [0.1, 0.15) is 11.7 Å². The summed E-state index contributed by atoms with van der Waals surface area (Å²) in [6.07, 6.45) is 0.488. The SMILES string of the molecule is CC(C#N)C(=O)CC(C)(C)C. The van der Waals surface area contributed by atoms with E-state index < -0.39 is 5.92 Å². The minimum atomic E-state index is -0.450. The zero-order chi connectivity index (χ0) is 9.07. The van der Waals surface area contributed by atoms with Gasteiger partial charge in [-0.2, -0.15) is 5.26 Å². The van der Waals surface area contributed by atoms with Crippen molar-refractivity contribution in [3.8, 4) is 6.07 Å². The van der Waals surface area contributed by atoms with E-state index in [0.717, 1.165) is 0 Å². The van der Waals surface area contributed by atoms with E-state index in [4.69, 9.17) is 5.26 Å². The summed E-state index contributed by atoms with van der Waals surface area (Å²) in [6.45, 7) is 7.63. The van der Waals surface area contributed by atoms with Crippen LogP contribution in [0, 0.1) is 22.7 Å². The molecule has 0 fully saturated rings. The average molecular weight is 153 g/mol. The van der Waals surface area contributed by atoms with Crippen molar-refractivity contribution in [3.05, 3.63) is 0 Å². The number of nitriles is 1. The molecule has 1 atom stereocenters. The third-order valence-electron chi connectivity index (χ3n) is 1.38. The summed E-state index contributed by atoms with van der Waals surface area (Å²) in [4.78, 5) is 11.2. The Labute approximate surface area is 68.2 Å². The van der Waals surface area contributed by atoms with Crippen molar-refractivity contribution in [1.29, 1.82) is 5.26 Å². The highest BCUT2D eigenvalue weighted by atomic mass is 16.1. The minimum Gasteiger partial charge on any atom is -0.298 e. The lowest BCUT2D eigenvalue weighted by Gasteiger charge is -2.17. The Balaban J connectivity index is 4.01. The maximum Gasteiger partial charge on any atom is 0.150 e. The summed E-state index contributed by atoms with van der Waals surface area (Å²) < 4.78 is 0. The molecule has 62 valence electrons. The number of rotatable bonds is 2. The van der Waals surface area contributed by atoms with Crippen molar-refractivity contribution in [3.63, 3.8) is 0 Å². The van der Waals surface area contributed by atoms with Crippen LogP contribution in [0.3, 0.4) is 0 Å². The first kappa shape index (κ1) is 10.2. The Morgan fingerprint density at radius 3 is 2.27 bits per heavy atom. The van der Waals surface area contributed by atoms with Gasteiger partial charge >= 0.3 is 0 Å². The molecule has 0 aromatic heterocycles. The van der Waals surface area contributed by atoms with Crippen LogP contribution in [0.2, 0.25) is 0 Å². The van der Waals surface area contributed by atoms with E-state index in [1.54, 1.807) is 6.92 Å². The second-order valence-electron chi connectivity index (χ2n) is 4.05. The van der Waals surface area contributed by atoms with E-state index in [0.29, 0.717) is 6.42 Å². The van der Waals surface area contributed by atoms with Gasteiger partial charge in [0, 0.05) is 6.42 Å². The molecule has 0 N–H and O–H groups in total. The van der Waals surface area contributed by atoms with E-state index in [2.05, 4.69) is 0 Å². The molecule has 0 heterocycles. The average Bonchev–Trinajstić information content (AvgIpc) is 1.82. The maximum absolute atomic E-state index is 11.2. The van der Waals surface area contributed by atoms with Crippen LogP contribution in [0.25, 0.3) is 0 Å². The van der Waals surface area contributed by atoms with Gasteiger partial charge in [-0.3, -0.25) is 4.79 Å². The molecule has 2 heteroatoms. The third-order valence-corrected chi connectivity index (χ3v) is 1.38. The number of nitrogens with zero attached hydrogens (tertiary/aromatic N) is 1. The summed E-state index contributed by atoms with van der Waals surface area (Å²) >= 11 is 0. The molecule has 11 heavy (non-hydrogen) atoms. The fourth-order valence-corrected chi connectivity index (χ4v) is 0.748. The van der Waals surface area contributed by atoms with E-state index in [9.17, 15) is 4.79 Å². The molecule has 0 saturated heterocycles. The molecule has 0 aromatic rings. The Hall–Kier alpha value is -0.840. The van der Waals surface area contributed by atoms with Gasteiger partial charge in [-0.25, -0.2) is 0 Å². The standard InChI is InChI=1S/C9H15NO/c1-7(6-10)8(11)5-9(2,3)4/h7H,5H2,1-4H3. The van der Waals surface area contributed by atoms with Gasteiger partial charge in [-0.1, -0.05) is 20.8 Å². The summed E-state index contributed by atoms with van der Waals surface area (Å²) in [7, 11) is 0. The van der Waals surface area contributed by atoms with Gasteiger partial charge in [0.05, 0.1) is 6.07 Å². The van der Waals surface area contributed by atoms with Crippen LogP contribution in [-0.2, 0) is 4.79 Å². The van der Waals surface area contributed by atoms with Crippen LogP contribution >= 0.6 is 0 Å². The number of carbonyl (C=O) groups is 1. The lowest BCUT2D eigenvalue weighted by Crippen LogP contribution is -2.17. The van der Waals surface area contributed by atoms with Crippen molar-refractivity contribution in [2.75, 3.05) is 0 Å². The summed E-state index contributed by atoms with van der Waals surface area (Å²) in [5.74, 6) is -0.408. The lowest BCUT2D eigenvalue weighted by atomic mass is 9.87. The van der Waals surface area contributed by atoms with Gasteiger partial charge in [0.2, 0.25) is 0 Å². The highest BCUT2D eigenvalue weighted by molar-refractivity contribution is 5.83. The monoisotopic (exact) mass is 153 g/mol. The molecule has 0 bridgehead atoms. The van der Waals surface area contributed by atoms with Crippen molar-refractivity contribution < 1.29 is 4.79 Å². The van der Waals surface area contributed by atoms with E-state index in [1.165, 1.54) is 0 Å². The van der Waals surface area contributed by atoms with Crippen LogP contribution in [0.1, 0.15) is 34.1 Å². The molecule has 0 aliphatic rings.